The van der Waals surface area contributed by atoms with Crippen LogP contribution in [0.1, 0.15) is 29.8 Å². The second-order valence-electron chi connectivity index (χ2n) is 8.08. The molecule has 0 aliphatic carbocycles. The van der Waals surface area contributed by atoms with E-state index in [1.165, 1.54) is 5.56 Å². The zero-order valence-corrected chi connectivity index (χ0v) is 19.7. The maximum Gasteiger partial charge on any atom is 0.204 e. The summed E-state index contributed by atoms with van der Waals surface area (Å²) < 4.78 is 5.34. The Kier molecular flexibility index (Phi) is 6.74. The van der Waals surface area contributed by atoms with Crippen LogP contribution in [0, 0.1) is 13.8 Å². The Morgan fingerprint density at radius 1 is 1.13 bits per heavy atom. The van der Waals surface area contributed by atoms with Gasteiger partial charge in [-0.05, 0) is 56.5 Å². The number of benzene rings is 1. The number of hydrogen-bond acceptors (Lipinski definition) is 6. The molecule has 0 atom stereocenters. The van der Waals surface area contributed by atoms with Crippen LogP contribution in [-0.2, 0) is 6.54 Å². The van der Waals surface area contributed by atoms with E-state index in [1.807, 2.05) is 13.0 Å². The van der Waals surface area contributed by atoms with Gasteiger partial charge in [0.2, 0.25) is 5.95 Å². The van der Waals surface area contributed by atoms with E-state index in [9.17, 15) is 5.11 Å². The standard InChI is InChI=1S/C22H29IN6O/c1-15-3-5-20-18(13-15)27-22(26-17-7-10-28(11-8-17)12-9-24-23)29(20)14-19-21(30)6-4-16(2)25-19/h3-6,13,17,24,30H,7-12,14H2,1-2H3,(H,26,27). The van der Waals surface area contributed by atoms with E-state index >= 15 is 0 Å². The lowest BCUT2D eigenvalue weighted by Gasteiger charge is -2.32. The van der Waals surface area contributed by atoms with Gasteiger partial charge in [-0.25, -0.2) is 4.98 Å². The van der Waals surface area contributed by atoms with Gasteiger partial charge in [0.05, 0.1) is 17.6 Å². The number of aromatic hydroxyl groups is 1. The number of rotatable bonds is 7. The predicted octanol–water partition coefficient (Wildman–Crippen LogP) is 3.62. The molecule has 3 aromatic rings. The third-order valence-electron chi connectivity index (χ3n) is 5.74. The molecule has 3 N–H and O–H groups in total. The zero-order chi connectivity index (χ0) is 21.1. The summed E-state index contributed by atoms with van der Waals surface area (Å²) in [7, 11) is 0. The van der Waals surface area contributed by atoms with E-state index in [4.69, 9.17) is 4.98 Å². The second-order valence-corrected chi connectivity index (χ2v) is 8.84. The summed E-state index contributed by atoms with van der Waals surface area (Å²) in [5, 5.41) is 14.0. The summed E-state index contributed by atoms with van der Waals surface area (Å²) >= 11 is 2.21. The van der Waals surface area contributed by atoms with E-state index < -0.39 is 0 Å². The number of hydrogen-bond donors (Lipinski definition) is 3. The van der Waals surface area contributed by atoms with Gasteiger partial charge in [0.1, 0.15) is 11.4 Å². The largest absolute Gasteiger partial charge is 0.506 e. The summed E-state index contributed by atoms with van der Waals surface area (Å²) in [5.74, 6) is 1.07. The summed E-state index contributed by atoms with van der Waals surface area (Å²) in [6.07, 6.45) is 2.19. The van der Waals surface area contributed by atoms with Crippen molar-refractivity contribution < 1.29 is 5.11 Å². The molecule has 7 nitrogen and oxygen atoms in total. The number of nitrogens with zero attached hydrogens (tertiary/aromatic N) is 4. The SMILES string of the molecule is Cc1ccc2c(c1)nc(NC1CCN(CCNI)CC1)n2Cc1nc(C)ccc1O. The highest BCUT2D eigenvalue weighted by Gasteiger charge is 2.22. The Morgan fingerprint density at radius 3 is 2.70 bits per heavy atom. The molecule has 0 bridgehead atoms. The van der Waals surface area contributed by atoms with Crippen molar-refractivity contribution in [1.82, 2.24) is 23.0 Å². The van der Waals surface area contributed by atoms with Crippen molar-refractivity contribution in [2.24, 2.45) is 0 Å². The van der Waals surface area contributed by atoms with Gasteiger partial charge in [-0.3, -0.25) is 8.51 Å². The number of aryl methyl sites for hydroxylation is 2. The van der Waals surface area contributed by atoms with Crippen LogP contribution in [0.25, 0.3) is 11.0 Å². The Balaban J connectivity index is 1.58. The first-order valence-electron chi connectivity index (χ1n) is 10.5. The molecule has 1 saturated heterocycles. The van der Waals surface area contributed by atoms with E-state index in [2.05, 4.69) is 71.3 Å². The smallest absolute Gasteiger partial charge is 0.204 e. The fraction of sp³-hybridized carbons (Fsp3) is 0.455. The second kappa shape index (κ2) is 9.49. The molecule has 8 heteroatoms. The number of nitrogens with one attached hydrogen (secondary N) is 2. The van der Waals surface area contributed by atoms with Gasteiger partial charge in [0, 0.05) is 60.8 Å². The average molecular weight is 520 g/mol. The van der Waals surface area contributed by atoms with Crippen LogP contribution < -0.4 is 8.85 Å². The van der Waals surface area contributed by atoms with Crippen LogP contribution in [0.3, 0.4) is 0 Å². The quantitative estimate of drug-likeness (QED) is 0.327. The fourth-order valence-corrected chi connectivity index (χ4v) is 4.30. The highest BCUT2D eigenvalue weighted by molar-refractivity contribution is 14.1. The van der Waals surface area contributed by atoms with E-state index in [-0.39, 0.29) is 5.75 Å². The van der Waals surface area contributed by atoms with Crippen molar-refractivity contribution >= 4 is 39.8 Å². The minimum Gasteiger partial charge on any atom is -0.506 e. The number of halogens is 1. The molecule has 160 valence electrons. The first-order chi connectivity index (χ1) is 14.5. The molecule has 3 heterocycles. The molecule has 30 heavy (non-hydrogen) atoms. The van der Waals surface area contributed by atoms with Crippen molar-refractivity contribution in [3.63, 3.8) is 0 Å². The highest BCUT2D eigenvalue weighted by Crippen LogP contribution is 2.26. The van der Waals surface area contributed by atoms with Crippen LogP contribution in [0.15, 0.2) is 30.3 Å². The molecular weight excluding hydrogens is 491 g/mol. The minimum atomic E-state index is 0.220. The lowest BCUT2D eigenvalue weighted by atomic mass is 10.1. The first-order valence-corrected chi connectivity index (χ1v) is 11.6. The van der Waals surface area contributed by atoms with Gasteiger partial charge in [-0.15, -0.1) is 0 Å². The lowest BCUT2D eigenvalue weighted by Crippen LogP contribution is -2.41. The van der Waals surface area contributed by atoms with Gasteiger partial charge in [-0.1, -0.05) is 6.07 Å². The van der Waals surface area contributed by atoms with Crippen molar-refractivity contribution in [2.45, 2.75) is 39.3 Å². The van der Waals surface area contributed by atoms with Crippen molar-refractivity contribution in [3.05, 3.63) is 47.3 Å². The number of imidazole rings is 1. The Bertz CT molecular complexity index is 1010. The van der Waals surface area contributed by atoms with Crippen LogP contribution in [0.5, 0.6) is 5.75 Å². The molecule has 2 aromatic heterocycles. The van der Waals surface area contributed by atoms with Crippen LogP contribution in [-0.4, -0.2) is 56.8 Å². The highest BCUT2D eigenvalue weighted by atomic mass is 127. The van der Waals surface area contributed by atoms with Gasteiger partial charge in [-0.2, -0.15) is 0 Å². The van der Waals surface area contributed by atoms with Crippen LogP contribution in [0.4, 0.5) is 5.95 Å². The predicted molar refractivity (Wildman–Crippen MR) is 129 cm³/mol. The van der Waals surface area contributed by atoms with Gasteiger partial charge >= 0.3 is 0 Å². The third-order valence-corrected chi connectivity index (χ3v) is 6.28. The van der Waals surface area contributed by atoms with Crippen molar-refractivity contribution in [2.75, 3.05) is 31.5 Å². The molecule has 1 fully saturated rings. The number of pyridine rings is 1. The molecule has 1 aromatic carbocycles. The van der Waals surface area contributed by atoms with Gasteiger partial charge in [0.15, 0.2) is 0 Å². The average Bonchev–Trinajstić information content (AvgIpc) is 3.06. The Hall–Kier alpha value is -1.91. The monoisotopic (exact) mass is 520 g/mol. The number of likely N-dealkylation sites (tertiary alicyclic amines) is 1. The maximum absolute atomic E-state index is 10.3. The molecule has 0 saturated carbocycles. The number of piperidine rings is 1. The molecule has 1 aliphatic rings. The molecule has 4 rings (SSSR count). The van der Waals surface area contributed by atoms with E-state index in [1.54, 1.807) is 6.07 Å². The first kappa shape index (κ1) is 21.3. The normalized spacial score (nSPS) is 15.7. The summed E-state index contributed by atoms with van der Waals surface area (Å²) in [4.78, 5) is 12.0. The molecule has 0 spiro atoms. The molecule has 0 unspecified atom stereocenters. The topological polar surface area (TPSA) is 78.2 Å². The minimum absolute atomic E-state index is 0.220. The van der Waals surface area contributed by atoms with Crippen molar-refractivity contribution in [3.8, 4) is 5.75 Å². The number of anilines is 1. The maximum atomic E-state index is 10.3. The van der Waals surface area contributed by atoms with Gasteiger partial charge in [0.25, 0.3) is 0 Å². The van der Waals surface area contributed by atoms with Gasteiger partial charge < -0.3 is 19.9 Å². The number of aromatic nitrogens is 3. The zero-order valence-electron chi connectivity index (χ0n) is 17.5. The third kappa shape index (κ3) is 4.87. The van der Waals surface area contributed by atoms with Crippen LogP contribution >= 0.6 is 22.9 Å². The summed E-state index contributed by atoms with van der Waals surface area (Å²) in [5.41, 5.74) is 4.77. The van der Waals surface area contributed by atoms with Crippen LogP contribution in [0.2, 0.25) is 0 Å². The summed E-state index contributed by atoms with van der Waals surface area (Å²) in [6.45, 7) is 8.80. The Labute approximate surface area is 191 Å². The number of fused-ring (bicyclic) bond motifs is 1. The van der Waals surface area contributed by atoms with E-state index in [0.717, 1.165) is 61.7 Å². The molecule has 0 amide bonds. The summed E-state index contributed by atoms with van der Waals surface area (Å²) in [6, 6.07) is 10.3. The van der Waals surface area contributed by atoms with Crippen molar-refractivity contribution in [1.29, 1.82) is 0 Å². The molecular formula is C22H29IN6O. The lowest BCUT2D eigenvalue weighted by molar-refractivity contribution is 0.223. The molecule has 0 radical (unpaired) electrons. The fourth-order valence-electron chi connectivity index (χ4n) is 4.06. The molecule has 1 aliphatic heterocycles. The van der Waals surface area contributed by atoms with E-state index in [0.29, 0.717) is 18.3 Å². The Morgan fingerprint density at radius 2 is 1.93 bits per heavy atom.